The largest absolute Gasteiger partial charge is 0.344 e. The van der Waals surface area contributed by atoms with Crippen LogP contribution in [-0.2, 0) is 7.05 Å². The van der Waals surface area contributed by atoms with Gasteiger partial charge in [-0.1, -0.05) is 116 Å². The third-order valence-electron chi connectivity index (χ3n) is 3.71. The van der Waals surface area contributed by atoms with Gasteiger partial charge in [0.25, 0.3) is 0 Å². The van der Waals surface area contributed by atoms with Crippen molar-refractivity contribution in [3.63, 3.8) is 0 Å². The van der Waals surface area contributed by atoms with Crippen LogP contribution in [0.3, 0.4) is 0 Å². The van der Waals surface area contributed by atoms with Gasteiger partial charge in [-0.2, -0.15) is 0 Å². The molecule has 2 rings (SSSR count). The normalized spacial score (nSPS) is 9.89. The number of rotatable bonds is 5. The summed E-state index contributed by atoms with van der Waals surface area (Å²) in [7, 11) is 2.04. The Kier molecular flexibility index (Phi) is 16.0. The zero-order valence-electron chi connectivity index (χ0n) is 19.0. The van der Waals surface area contributed by atoms with E-state index in [1.165, 1.54) is 0 Å². The number of hydrogen-bond acceptors (Lipinski definition) is 0. The Labute approximate surface area is 173 Å². The van der Waals surface area contributed by atoms with Gasteiger partial charge < -0.3 is 4.57 Å². The van der Waals surface area contributed by atoms with Gasteiger partial charge in [0.2, 0.25) is 0 Å². The molecule has 1 heterocycles. The minimum atomic E-state index is 1.00. The Hall–Kier alpha value is -2.80. The Balaban J connectivity index is 0. The third-order valence-corrected chi connectivity index (χ3v) is 3.71. The third kappa shape index (κ3) is 7.08. The number of benzene rings is 1. The van der Waals surface area contributed by atoms with Crippen LogP contribution in [0.5, 0.6) is 0 Å². The molecule has 28 heavy (non-hydrogen) atoms. The van der Waals surface area contributed by atoms with Gasteiger partial charge >= 0.3 is 0 Å². The molecule has 1 nitrogen and oxygen atoms in total. The number of aromatic nitrogens is 1. The summed E-state index contributed by atoms with van der Waals surface area (Å²) in [4.78, 5) is 0. The van der Waals surface area contributed by atoms with Gasteiger partial charge in [-0.15, -0.1) is 0 Å². The second kappa shape index (κ2) is 16.4. The van der Waals surface area contributed by atoms with Gasteiger partial charge in [0.1, 0.15) is 0 Å². The summed E-state index contributed by atoms with van der Waals surface area (Å²) in [5.74, 6) is 0. The molecule has 0 fully saturated rings. The SMILES string of the molecule is C=C/C=C\c1c(C=C)c(C=C)c(/C=c2/ccccc2=C)n1C.CC.CC.CC. The highest BCUT2D eigenvalue weighted by atomic mass is 15.0. The Morgan fingerprint density at radius 3 is 1.75 bits per heavy atom. The lowest BCUT2D eigenvalue weighted by Gasteiger charge is -2.02. The minimum absolute atomic E-state index is 1.00. The van der Waals surface area contributed by atoms with E-state index in [1.807, 2.05) is 91.1 Å². The van der Waals surface area contributed by atoms with E-state index < -0.39 is 0 Å². The fraction of sp³-hybridized carbons (Fsp3) is 0.259. The standard InChI is InChI=1S/C21H21N.3C2H6/c1-6-9-14-20-18(7-2)19(8-3)21(22(20)5)15-17-13-11-10-12-16(17)4;3*1-2/h6-15H,1-4H2,5H3;3*1-2H3/b14-9-,17-15-;;;. The van der Waals surface area contributed by atoms with E-state index in [0.717, 1.165) is 33.0 Å². The second-order valence-corrected chi connectivity index (χ2v) is 5.00. The molecule has 0 N–H and O–H groups in total. The van der Waals surface area contributed by atoms with Crippen molar-refractivity contribution in [1.29, 1.82) is 0 Å². The smallest absolute Gasteiger partial charge is 0.0494 e. The highest BCUT2D eigenvalue weighted by Crippen LogP contribution is 2.26. The van der Waals surface area contributed by atoms with E-state index >= 15 is 0 Å². The average Bonchev–Trinajstić information content (AvgIpc) is 3.02. The van der Waals surface area contributed by atoms with Crippen molar-refractivity contribution in [2.45, 2.75) is 41.5 Å². The molecule has 0 aliphatic rings. The van der Waals surface area contributed by atoms with Crippen molar-refractivity contribution in [2.24, 2.45) is 7.05 Å². The van der Waals surface area contributed by atoms with Crippen LogP contribution in [0.25, 0.3) is 30.9 Å². The van der Waals surface area contributed by atoms with Crippen molar-refractivity contribution >= 4 is 30.9 Å². The molecule has 152 valence electrons. The lowest BCUT2D eigenvalue weighted by atomic mass is 10.1. The summed E-state index contributed by atoms with van der Waals surface area (Å²) >= 11 is 0. The van der Waals surface area contributed by atoms with Crippen LogP contribution in [0.2, 0.25) is 0 Å². The van der Waals surface area contributed by atoms with Crippen LogP contribution < -0.4 is 10.4 Å². The van der Waals surface area contributed by atoms with Crippen LogP contribution >= 0.6 is 0 Å². The number of hydrogen-bond donors (Lipinski definition) is 0. The molecule has 0 unspecified atom stereocenters. The summed E-state index contributed by atoms with van der Waals surface area (Å²) in [6.45, 7) is 27.7. The molecule has 0 aliphatic carbocycles. The fourth-order valence-corrected chi connectivity index (χ4v) is 2.55. The molecular formula is C27H39N. The van der Waals surface area contributed by atoms with E-state index in [9.17, 15) is 0 Å². The van der Waals surface area contributed by atoms with Crippen molar-refractivity contribution in [3.05, 3.63) is 89.1 Å². The van der Waals surface area contributed by atoms with Gasteiger partial charge in [-0.3, -0.25) is 0 Å². The predicted octanol–water partition coefficient (Wildman–Crippen LogP) is 6.83. The van der Waals surface area contributed by atoms with Gasteiger partial charge in [-0.25, -0.2) is 0 Å². The molecule has 1 aromatic heterocycles. The number of nitrogens with zero attached hydrogens (tertiary/aromatic N) is 1. The van der Waals surface area contributed by atoms with E-state index in [1.54, 1.807) is 6.08 Å². The minimum Gasteiger partial charge on any atom is -0.344 e. The molecule has 1 aromatic carbocycles. The monoisotopic (exact) mass is 377 g/mol. The summed E-state index contributed by atoms with van der Waals surface area (Å²) in [6, 6.07) is 8.08. The van der Waals surface area contributed by atoms with Crippen molar-refractivity contribution in [1.82, 2.24) is 4.57 Å². The zero-order chi connectivity index (χ0) is 22.1. The lowest BCUT2D eigenvalue weighted by molar-refractivity contribution is 0.900. The first-order chi connectivity index (χ1) is 13.6. The quantitative estimate of drug-likeness (QED) is 0.503. The van der Waals surface area contributed by atoms with Crippen molar-refractivity contribution in [3.8, 4) is 0 Å². The zero-order valence-corrected chi connectivity index (χ0v) is 19.0. The molecule has 0 radical (unpaired) electrons. The second-order valence-electron chi connectivity index (χ2n) is 5.00. The van der Waals surface area contributed by atoms with E-state index in [2.05, 4.69) is 43.0 Å². The van der Waals surface area contributed by atoms with Gasteiger partial charge in [0.05, 0.1) is 0 Å². The van der Waals surface area contributed by atoms with Gasteiger partial charge in [0.15, 0.2) is 0 Å². The Morgan fingerprint density at radius 1 is 0.786 bits per heavy atom. The predicted molar refractivity (Wildman–Crippen MR) is 134 cm³/mol. The molecule has 2 aromatic rings. The highest BCUT2D eigenvalue weighted by Gasteiger charge is 2.13. The molecule has 0 saturated carbocycles. The van der Waals surface area contributed by atoms with Crippen LogP contribution in [-0.4, -0.2) is 4.57 Å². The maximum absolute atomic E-state index is 4.09. The molecule has 0 aliphatic heterocycles. The van der Waals surface area contributed by atoms with Gasteiger partial charge in [0, 0.05) is 29.6 Å². The topological polar surface area (TPSA) is 4.93 Å². The Morgan fingerprint density at radius 2 is 1.29 bits per heavy atom. The summed E-state index contributed by atoms with van der Waals surface area (Å²) in [5.41, 5.74) is 4.31. The van der Waals surface area contributed by atoms with Crippen LogP contribution in [0.4, 0.5) is 0 Å². The van der Waals surface area contributed by atoms with Crippen molar-refractivity contribution < 1.29 is 0 Å². The molecule has 0 amide bonds. The fourth-order valence-electron chi connectivity index (χ4n) is 2.55. The molecule has 0 atom stereocenters. The number of allylic oxidation sites excluding steroid dienone is 2. The van der Waals surface area contributed by atoms with Crippen LogP contribution in [0.15, 0.2) is 56.2 Å². The van der Waals surface area contributed by atoms with E-state index in [-0.39, 0.29) is 0 Å². The first kappa shape index (κ1) is 27.4. The van der Waals surface area contributed by atoms with Crippen molar-refractivity contribution in [2.75, 3.05) is 0 Å². The summed E-state index contributed by atoms with van der Waals surface area (Å²) < 4.78 is 2.14. The van der Waals surface area contributed by atoms with E-state index in [4.69, 9.17) is 0 Å². The molecule has 0 saturated heterocycles. The average molecular weight is 378 g/mol. The first-order valence-corrected chi connectivity index (χ1v) is 10.2. The van der Waals surface area contributed by atoms with Crippen LogP contribution in [0.1, 0.15) is 64.1 Å². The highest BCUT2D eigenvalue weighted by molar-refractivity contribution is 5.78. The molecule has 0 spiro atoms. The maximum atomic E-state index is 4.09. The Bertz CT molecular complexity index is 860. The molecular weight excluding hydrogens is 338 g/mol. The van der Waals surface area contributed by atoms with Gasteiger partial charge in [-0.05, 0) is 22.6 Å². The summed E-state index contributed by atoms with van der Waals surface area (Å²) in [6.07, 6.45) is 11.6. The molecule has 0 bridgehead atoms. The maximum Gasteiger partial charge on any atom is 0.0494 e. The van der Waals surface area contributed by atoms with Crippen LogP contribution in [0, 0.1) is 0 Å². The summed E-state index contributed by atoms with van der Waals surface area (Å²) in [5, 5.41) is 2.10. The van der Waals surface area contributed by atoms with E-state index in [0.29, 0.717) is 0 Å². The lowest BCUT2D eigenvalue weighted by Crippen LogP contribution is -2.22. The molecule has 1 heteroatoms. The first-order valence-electron chi connectivity index (χ1n) is 10.2.